The third kappa shape index (κ3) is 2.47. The molecule has 0 saturated carbocycles. The maximum Gasteiger partial charge on any atom is 0.303 e. The van der Waals surface area contributed by atoms with E-state index in [1.54, 1.807) is 19.9 Å². The maximum atomic E-state index is 12.4. The van der Waals surface area contributed by atoms with Gasteiger partial charge in [-0.3, -0.25) is 9.59 Å². The molecular weight excluding hydrogens is 246 g/mol. The van der Waals surface area contributed by atoms with Gasteiger partial charge in [0.1, 0.15) is 11.5 Å². The standard InChI is InChI=1S/C13H15N3O3/c1-7-6-11-15-8(2)10(4-5-12(17)18)13(19)16(11)9(3)14-7/h6H,4-5H2,1-3H3,(H,17,18). The van der Waals surface area contributed by atoms with E-state index in [0.29, 0.717) is 22.7 Å². The Morgan fingerprint density at radius 3 is 2.63 bits per heavy atom. The van der Waals surface area contributed by atoms with Gasteiger partial charge in [-0.05, 0) is 27.2 Å². The monoisotopic (exact) mass is 261 g/mol. The summed E-state index contributed by atoms with van der Waals surface area (Å²) < 4.78 is 1.43. The lowest BCUT2D eigenvalue weighted by Gasteiger charge is -2.09. The summed E-state index contributed by atoms with van der Waals surface area (Å²) in [4.78, 5) is 31.6. The van der Waals surface area contributed by atoms with Crippen LogP contribution in [0.2, 0.25) is 0 Å². The van der Waals surface area contributed by atoms with Crippen molar-refractivity contribution < 1.29 is 9.90 Å². The summed E-state index contributed by atoms with van der Waals surface area (Å²) in [6.45, 7) is 5.30. The van der Waals surface area contributed by atoms with Crippen LogP contribution in [0.3, 0.4) is 0 Å². The highest BCUT2D eigenvalue weighted by Gasteiger charge is 2.13. The molecule has 0 aromatic carbocycles. The fraction of sp³-hybridized carbons (Fsp3) is 0.385. The van der Waals surface area contributed by atoms with Crippen LogP contribution in [-0.2, 0) is 11.2 Å². The summed E-state index contributed by atoms with van der Waals surface area (Å²) in [6, 6.07) is 1.74. The molecule has 0 spiro atoms. The van der Waals surface area contributed by atoms with E-state index in [4.69, 9.17) is 5.11 Å². The van der Waals surface area contributed by atoms with Crippen LogP contribution in [0.15, 0.2) is 10.9 Å². The van der Waals surface area contributed by atoms with Gasteiger partial charge in [0.25, 0.3) is 5.56 Å². The fourth-order valence-corrected chi connectivity index (χ4v) is 2.14. The van der Waals surface area contributed by atoms with Crippen molar-refractivity contribution in [3.05, 3.63) is 39.2 Å². The molecule has 0 fully saturated rings. The Morgan fingerprint density at radius 2 is 2.00 bits per heavy atom. The van der Waals surface area contributed by atoms with E-state index in [1.807, 2.05) is 6.92 Å². The van der Waals surface area contributed by atoms with Crippen molar-refractivity contribution in [2.75, 3.05) is 0 Å². The summed E-state index contributed by atoms with van der Waals surface area (Å²) in [5.74, 6) is -0.369. The number of hydrogen-bond donors (Lipinski definition) is 1. The van der Waals surface area contributed by atoms with Crippen molar-refractivity contribution in [1.29, 1.82) is 0 Å². The average Bonchev–Trinajstić information content (AvgIpc) is 2.26. The number of carboxylic acid groups (broad SMARTS) is 1. The van der Waals surface area contributed by atoms with Crippen LogP contribution >= 0.6 is 0 Å². The maximum absolute atomic E-state index is 12.4. The van der Waals surface area contributed by atoms with Crippen LogP contribution in [0.5, 0.6) is 0 Å². The SMILES string of the molecule is Cc1cc2nc(C)c(CCC(=O)O)c(=O)n2c(C)n1. The van der Waals surface area contributed by atoms with Gasteiger partial charge in [-0.2, -0.15) is 0 Å². The minimum Gasteiger partial charge on any atom is -0.481 e. The average molecular weight is 261 g/mol. The van der Waals surface area contributed by atoms with Crippen LogP contribution in [0.1, 0.15) is 29.2 Å². The second kappa shape index (κ2) is 4.79. The molecule has 6 nitrogen and oxygen atoms in total. The lowest BCUT2D eigenvalue weighted by Crippen LogP contribution is -2.24. The molecule has 0 aliphatic rings. The Hall–Kier alpha value is -2.24. The van der Waals surface area contributed by atoms with Crippen LogP contribution in [0, 0.1) is 20.8 Å². The second-order valence-corrected chi connectivity index (χ2v) is 4.51. The Bertz CT molecular complexity index is 719. The third-order valence-corrected chi connectivity index (χ3v) is 3.00. The summed E-state index contributed by atoms with van der Waals surface area (Å²) in [5, 5.41) is 8.72. The molecule has 0 bridgehead atoms. The van der Waals surface area contributed by atoms with Gasteiger partial charge in [0, 0.05) is 29.4 Å². The zero-order chi connectivity index (χ0) is 14.2. The van der Waals surface area contributed by atoms with E-state index in [1.165, 1.54) is 4.40 Å². The van der Waals surface area contributed by atoms with Gasteiger partial charge in [0.05, 0.1) is 0 Å². The first-order valence-corrected chi connectivity index (χ1v) is 5.98. The van der Waals surface area contributed by atoms with Crippen molar-refractivity contribution >= 4 is 11.6 Å². The van der Waals surface area contributed by atoms with Gasteiger partial charge in [-0.25, -0.2) is 14.4 Å². The molecule has 0 unspecified atom stereocenters. The summed E-state index contributed by atoms with van der Waals surface area (Å²) >= 11 is 0. The van der Waals surface area contributed by atoms with Crippen LogP contribution in [0.25, 0.3) is 5.65 Å². The van der Waals surface area contributed by atoms with E-state index >= 15 is 0 Å². The first kappa shape index (κ1) is 13.2. The number of fused-ring (bicyclic) bond motifs is 1. The van der Waals surface area contributed by atoms with Gasteiger partial charge in [-0.15, -0.1) is 0 Å². The molecule has 1 N–H and O–H groups in total. The Balaban J connectivity index is 2.68. The molecule has 0 aliphatic heterocycles. The van der Waals surface area contributed by atoms with E-state index < -0.39 is 5.97 Å². The quantitative estimate of drug-likeness (QED) is 0.892. The molecule has 2 aromatic heterocycles. The van der Waals surface area contributed by atoms with Crippen LogP contribution in [0.4, 0.5) is 0 Å². The molecule has 6 heteroatoms. The Labute approximate surface area is 109 Å². The van der Waals surface area contributed by atoms with Gasteiger partial charge in [-0.1, -0.05) is 0 Å². The first-order valence-electron chi connectivity index (χ1n) is 5.98. The van der Waals surface area contributed by atoms with E-state index in [2.05, 4.69) is 9.97 Å². The first-order chi connectivity index (χ1) is 8.90. The van der Waals surface area contributed by atoms with E-state index in [9.17, 15) is 9.59 Å². The number of rotatable bonds is 3. The summed E-state index contributed by atoms with van der Waals surface area (Å²) in [6.07, 6.45) is 0.103. The van der Waals surface area contributed by atoms with Crippen molar-refractivity contribution in [2.45, 2.75) is 33.6 Å². The number of aryl methyl sites for hydroxylation is 3. The number of carboxylic acids is 1. The zero-order valence-electron chi connectivity index (χ0n) is 11.1. The minimum absolute atomic E-state index is 0.0812. The Kier molecular flexibility index (Phi) is 3.33. The number of aromatic nitrogens is 3. The van der Waals surface area contributed by atoms with Crippen molar-refractivity contribution in [3.8, 4) is 0 Å². The van der Waals surface area contributed by atoms with Crippen LogP contribution in [-0.4, -0.2) is 25.4 Å². The highest BCUT2D eigenvalue weighted by Crippen LogP contribution is 2.08. The molecule has 0 aliphatic carbocycles. The molecule has 0 saturated heterocycles. The highest BCUT2D eigenvalue weighted by molar-refractivity contribution is 5.67. The zero-order valence-corrected chi connectivity index (χ0v) is 11.1. The Morgan fingerprint density at radius 1 is 1.32 bits per heavy atom. The summed E-state index contributed by atoms with van der Waals surface area (Å²) in [7, 11) is 0. The van der Waals surface area contributed by atoms with Gasteiger partial charge in [0.15, 0.2) is 0 Å². The third-order valence-electron chi connectivity index (χ3n) is 3.00. The van der Waals surface area contributed by atoms with Crippen LogP contribution < -0.4 is 5.56 Å². The van der Waals surface area contributed by atoms with Gasteiger partial charge in [0.2, 0.25) is 0 Å². The highest BCUT2D eigenvalue weighted by atomic mass is 16.4. The van der Waals surface area contributed by atoms with E-state index in [0.717, 1.165) is 5.69 Å². The molecule has 2 heterocycles. The molecule has 0 atom stereocenters. The molecule has 100 valence electrons. The lowest BCUT2D eigenvalue weighted by atomic mass is 10.1. The number of nitrogens with zero attached hydrogens (tertiary/aromatic N) is 3. The second-order valence-electron chi connectivity index (χ2n) is 4.51. The molecule has 2 rings (SSSR count). The molecule has 0 amide bonds. The largest absolute Gasteiger partial charge is 0.481 e. The number of hydrogen-bond acceptors (Lipinski definition) is 4. The molecular formula is C13H15N3O3. The molecule has 2 aromatic rings. The van der Waals surface area contributed by atoms with Gasteiger partial charge < -0.3 is 5.11 Å². The smallest absolute Gasteiger partial charge is 0.303 e. The minimum atomic E-state index is -0.928. The van der Waals surface area contributed by atoms with Crippen molar-refractivity contribution in [1.82, 2.24) is 14.4 Å². The molecule has 19 heavy (non-hydrogen) atoms. The number of aliphatic carboxylic acids is 1. The van der Waals surface area contributed by atoms with Crippen molar-refractivity contribution in [2.24, 2.45) is 0 Å². The molecule has 0 radical (unpaired) electrons. The van der Waals surface area contributed by atoms with Crippen molar-refractivity contribution in [3.63, 3.8) is 0 Å². The fourth-order valence-electron chi connectivity index (χ4n) is 2.14. The topological polar surface area (TPSA) is 84.6 Å². The predicted octanol–water partition coefficient (Wildman–Crippen LogP) is 1.03. The summed E-state index contributed by atoms with van der Waals surface area (Å²) in [5.41, 5.74) is 2.13. The predicted molar refractivity (Wildman–Crippen MR) is 69.4 cm³/mol. The van der Waals surface area contributed by atoms with E-state index in [-0.39, 0.29) is 18.4 Å². The normalized spacial score (nSPS) is 10.9. The number of carbonyl (C=O) groups is 1. The lowest BCUT2D eigenvalue weighted by molar-refractivity contribution is -0.136. The van der Waals surface area contributed by atoms with Gasteiger partial charge >= 0.3 is 5.97 Å².